The highest BCUT2D eigenvalue weighted by molar-refractivity contribution is 5.74. The standard InChI is InChI=1S/C16H27N3O3/c1-16(11-20)8-4-7-14(16)18-15(21)17-10-12(19(2)3)13-6-5-9-22-13/h5-6,9,12,14,20H,4,7-8,10-11H2,1-3H3,(H2,17,18,21). The van der Waals surface area contributed by atoms with Crippen LogP contribution in [0.15, 0.2) is 22.8 Å². The number of likely N-dealkylation sites (N-methyl/N-ethyl adjacent to an activating group) is 1. The fourth-order valence-corrected chi connectivity index (χ4v) is 3.09. The Kier molecular flexibility index (Phi) is 5.47. The third-order valence-corrected chi connectivity index (χ3v) is 4.70. The largest absolute Gasteiger partial charge is 0.468 e. The van der Waals surface area contributed by atoms with E-state index >= 15 is 0 Å². The number of aliphatic hydroxyl groups excluding tert-OH is 1. The number of hydrogen-bond acceptors (Lipinski definition) is 4. The highest BCUT2D eigenvalue weighted by Crippen LogP contribution is 2.37. The van der Waals surface area contributed by atoms with Crippen molar-refractivity contribution in [2.45, 2.75) is 38.3 Å². The molecular formula is C16H27N3O3. The van der Waals surface area contributed by atoms with Gasteiger partial charge in [-0.2, -0.15) is 0 Å². The molecule has 3 unspecified atom stereocenters. The lowest BCUT2D eigenvalue weighted by Crippen LogP contribution is -2.49. The molecule has 0 radical (unpaired) electrons. The molecular weight excluding hydrogens is 282 g/mol. The van der Waals surface area contributed by atoms with Crippen molar-refractivity contribution in [2.75, 3.05) is 27.2 Å². The number of nitrogens with one attached hydrogen (secondary N) is 2. The molecule has 1 aliphatic rings. The molecule has 2 rings (SSSR count). The number of urea groups is 1. The van der Waals surface area contributed by atoms with E-state index < -0.39 is 0 Å². The van der Waals surface area contributed by atoms with Crippen molar-refractivity contribution in [1.29, 1.82) is 0 Å². The van der Waals surface area contributed by atoms with Gasteiger partial charge >= 0.3 is 6.03 Å². The normalized spacial score (nSPS) is 26.1. The molecule has 1 aromatic rings. The van der Waals surface area contributed by atoms with Crippen LogP contribution in [0, 0.1) is 5.41 Å². The van der Waals surface area contributed by atoms with Gasteiger partial charge < -0.3 is 20.2 Å². The predicted octanol–water partition coefficient (Wildman–Crippen LogP) is 1.73. The molecule has 0 aromatic carbocycles. The van der Waals surface area contributed by atoms with Gasteiger partial charge in [0.25, 0.3) is 0 Å². The first kappa shape index (κ1) is 16.8. The van der Waals surface area contributed by atoms with Gasteiger partial charge in [0.15, 0.2) is 0 Å². The summed E-state index contributed by atoms with van der Waals surface area (Å²) < 4.78 is 5.43. The number of carbonyl (C=O) groups is 1. The lowest BCUT2D eigenvalue weighted by molar-refractivity contribution is 0.120. The van der Waals surface area contributed by atoms with Gasteiger partial charge in [0.05, 0.1) is 18.9 Å². The minimum atomic E-state index is -0.209. The molecule has 1 aromatic heterocycles. The van der Waals surface area contributed by atoms with E-state index in [1.165, 1.54) is 0 Å². The van der Waals surface area contributed by atoms with Gasteiger partial charge in [-0.3, -0.25) is 4.90 Å². The smallest absolute Gasteiger partial charge is 0.315 e. The topological polar surface area (TPSA) is 77.7 Å². The Hall–Kier alpha value is -1.53. The molecule has 1 heterocycles. The molecule has 0 spiro atoms. The van der Waals surface area contributed by atoms with Gasteiger partial charge in [-0.1, -0.05) is 13.3 Å². The fourth-order valence-electron chi connectivity index (χ4n) is 3.09. The Bertz CT molecular complexity index is 475. The maximum Gasteiger partial charge on any atom is 0.315 e. The molecule has 1 saturated carbocycles. The number of aliphatic hydroxyl groups is 1. The monoisotopic (exact) mass is 309 g/mol. The Balaban J connectivity index is 1.87. The van der Waals surface area contributed by atoms with E-state index in [1.807, 2.05) is 38.1 Å². The van der Waals surface area contributed by atoms with Crippen LogP contribution in [0.5, 0.6) is 0 Å². The number of furan rings is 1. The van der Waals surface area contributed by atoms with Crippen molar-refractivity contribution in [1.82, 2.24) is 15.5 Å². The SMILES string of the molecule is CN(C)C(CNC(=O)NC1CCCC1(C)CO)c1ccco1. The number of amides is 2. The minimum Gasteiger partial charge on any atom is -0.468 e. The van der Waals surface area contributed by atoms with Gasteiger partial charge in [-0.05, 0) is 39.1 Å². The molecule has 3 atom stereocenters. The molecule has 1 aliphatic carbocycles. The molecule has 22 heavy (non-hydrogen) atoms. The van der Waals surface area contributed by atoms with Crippen LogP contribution < -0.4 is 10.6 Å². The highest BCUT2D eigenvalue weighted by Gasteiger charge is 2.39. The van der Waals surface area contributed by atoms with Crippen LogP contribution >= 0.6 is 0 Å². The summed E-state index contributed by atoms with van der Waals surface area (Å²) in [6, 6.07) is 3.58. The van der Waals surface area contributed by atoms with Crippen molar-refractivity contribution in [3.05, 3.63) is 24.2 Å². The van der Waals surface area contributed by atoms with Crippen LogP contribution in [-0.4, -0.2) is 49.3 Å². The lowest BCUT2D eigenvalue weighted by Gasteiger charge is -2.30. The zero-order chi connectivity index (χ0) is 16.2. The molecule has 0 saturated heterocycles. The van der Waals surface area contributed by atoms with Crippen molar-refractivity contribution in [3.63, 3.8) is 0 Å². The molecule has 3 N–H and O–H groups in total. The summed E-state index contributed by atoms with van der Waals surface area (Å²) in [4.78, 5) is 14.2. The predicted molar refractivity (Wildman–Crippen MR) is 84.5 cm³/mol. The average molecular weight is 309 g/mol. The van der Waals surface area contributed by atoms with E-state index in [0.29, 0.717) is 6.54 Å². The summed E-state index contributed by atoms with van der Waals surface area (Å²) in [5, 5.41) is 15.4. The summed E-state index contributed by atoms with van der Waals surface area (Å²) in [7, 11) is 3.90. The number of rotatable bonds is 6. The van der Waals surface area contributed by atoms with Gasteiger partial charge in [0.1, 0.15) is 5.76 Å². The maximum absolute atomic E-state index is 12.1. The maximum atomic E-state index is 12.1. The van der Waals surface area contributed by atoms with Crippen LogP contribution in [0.3, 0.4) is 0 Å². The van der Waals surface area contributed by atoms with Gasteiger partial charge in [-0.25, -0.2) is 4.79 Å². The van der Waals surface area contributed by atoms with E-state index in [2.05, 4.69) is 10.6 Å². The van der Waals surface area contributed by atoms with Gasteiger partial charge in [0.2, 0.25) is 0 Å². The summed E-state index contributed by atoms with van der Waals surface area (Å²) in [6.45, 7) is 2.59. The summed E-state index contributed by atoms with van der Waals surface area (Å²) in [5.74, 6) is 0.825. The minimum absolute atomic E-state index is 0.00597. The third kappa shape index (κ3) is 3.81. The number of hydrogen-bond donors (Lipinski definition) is 3. The second kappa shape index (κ2) is 7.15. The quantitative estimate of drug-likeness (QED) is 0.748. The van der Waals surface area contributed by atoms with E-state index in [9.17, 15) is 9.90 Å². The van der Waals surface area contributed by atoms with Crippen molar-refractivity contribution >= 4 is 6.03 Å². The first-order chi connectivity index (χ1) is 10.5. The van der Waals surface area contributed by atoms with Crippen molar-refractivity contribution in [2.24, 2.45) is 5.41 Å². The van der Waals surface area contributed by atoms with E-state index in [4.69, 9.17) is 4.42 Å². The van der Waals surface area contributed by atoms with Crippen LogP contribution in [0.2, 0.25) is 0 Å². The van der Waals surface area contributed by atoms with E-state index in [1.54, 1.807) is 6.26 Å². The molecule has 2 amide bonds. The summed E-state index contributed by atoms with van der Waals surface area (Å²) in [5.41, 5.74) is -0.209. The van der Waals surface area contributed by atoms with Gasteiger partial charge in [0, 0.05) is 18.0 Å². The summed E-state index contributed by atoms with van der Waals surface area (Å²) in [6.07, 6.45) is 4.53. The second-order valence-corrected chi connectivity index (χ2v) is 6.61. The van der Waals surface area contributed by atoms with E-state index in [0.717, 1.165) is 25.0 Å². The van der Waals surface area contributed by atoms with Crippen LogP contribution in [0.25, 0.3) is 0 Å². The molecule has 124 valence electrons. The molecule has 6 heteroatoms. The van der Waals surface area contributed by atoms with Gasteiger partial charge in [-0.15, -0.1) is 0 Å². The van der Waals surface area contributed by atoms with Crippen LogP contribution in [0.4, 0.5) is 4.79 Å². The Labute approximate surface area is 131 Å². The molecule has 1 fully saturated rings. The average Bonchev–Trinajstić information content (AvgIpc) is 3.10. The van der Waals surface area contributed by atoms with E-state index in [-0.39, 0.29) is 30.1 Å². The lowest BCUT2D eigenvalue weighted by atomic mass is 9.86. The zero-order valence-corrected chi connectivity index (χ0v) is 13.6. The fraction of sp³-hybridized carbons (Fsp3) is 0.688. The molecule has 0 aliphatic heterocycles. The second-order valence-electron chi connectivity index (χ2n) is 6.61. The van der Waals surface area contributed by atoms with Crippen molar-refractivity contribution < 1.29 is 14.3 Å². The molecule has 6 nitrogen and oxygen atoms in total. The zero-order valence-electron chi connectivity index (χ0n) is 13.6. The van der Waals surface area contributed by atoms with Crippen molar-refractivity contribution in [3.8, 4) is 0 Å². The number of nitrogens with zero attached hydrogens (tertiary/aromatic N) is 1. The van der Waals surface area contributed by atoms with Crippen LogP contribution in [-0.2, 0) is 0 Å². The highest BCUT2D eigenvalue weighted by atomic mass is 16.3. The third-order valence-electron chi connectivity index (χ3n) is 4.70. The number of carbonyl (C=O) groups excluding carboxylic acids is 1. The van der Waals surface area contributed by atoms with Crippen LogP contribution in [0.1, 0.15) is 38.0 Å². The first-order valence-corrected chi connectivity index (χ1v) is 7.81. The summed E-state index contributed by atoms with van der Waals surface area (Å²) >= 11 is 0. The Morgan fingerprint density at radius 1 is 1.59 bits per heavy atom. The first-order valence-electron chi connectivity index (χ1n) is 7.81. The Morgan fingerprint density at radius 3 is 2.95 bits per heavy atom. The Morgan fingerprint density at radius 2 is 2.36 bits per heavy atom. The molecule has 0 bridgehead atoms.